The lowest BCUT2D eigenvalue weighted by Crippen LogP contribution is -2.32. The first-order chi connectivity index (χ1) is 9.49. The van der Waals surface area contributed by atoms with Crippen LogP contribution in [0, 0.1) is 5.82 Å². The van der Waals surface area contributed by atoms with Crippen molar-refractivity contribution in [1.82, 2.24) is 4.90 Å². The Balaban J connectivity index is 2.97. The summed E-state index contributed by atoms with van der Waals surface area (Å²) in [4.78, 5) is 24.1. The highest BCUT2D eigenvalue weighted by atomic mass is 19.1. The van der Waals surface area contributed by atoms with Gasteiger partial charge in [0.25, 0.3) is 5.91 Å². The minimum Gasteiger partial charge on any atom is -0.478 e. The Kier molecular flexibility index (Phi) is 5.90. The van der Waals surface area contributed by atoms with Crippen LogP contribution in [0.4, 0.5) is 4.39 Å². The van der Waals surface area contributed by atoms with Gasteiger partial charge in [-0.3, -0.25) is 4.79 Å². The largest absolute Gasteiger partial charge is 0.478 e. The number of halogens is 1. The van der Waals surface area contributed by atoms with Crippen molar-refractivity contribution in [2.75, 3.05) is 13.1 Å². The van der Waals surface area contributed by atoms with E-state index >= 15 is 0 Å². The lowest BCUT2D eigenvalue weighted by atomic mass is 10.1. The first-order valence-electron chi connectivity index (χ1n) is 6.49. The summed E-state index contributed by atoms with van der Waals surface area (Å²) in [5.41, 5.74) is 0.410. The molecular formula is C15H18FNO3. The van der Waals surface area contributed by atoms with Gasteiger partial charge in [0.2, 0.25) is 0 Å². The maximum absolute atomic E-state index is 13.9. The van der Waals surface area contributed by atoms with Crippen molar-refractivity contribution in [3.05, 3.63) is 41.2 Å². The molecular weight excluding hydrogens is 261 g/mol. The molecule has 4 nitrogen and oxygen atoms in total. The van der Waals surface area contributed by atoms with Gasteiger partial charge in [-0.25, -0.2) is 9.18 Å². The van der Waals surface area contributed by atoms with Crippen molar-refractivity contribution in [2.45, 2.75) is 20.3 Å². The number of rotatable bonds is 6. The summed E-state index contributed by atoms with van der Waals surface area (Å²) in [6.07, 6.45) is 3.01. The SMILES string of the molecule is CCCN(CC)C(=O)c1ccc(C=CC(=O)O)cc1F. The second-order valence-corrected chi connectivity index (χ2v) is 4.30. The molecule has 0 aromatic heterocycles. The summed E-state index contributed by atoms with van der Waals surface area (Å²) in [5, 5.41) is 8.51. The van der Waals surface area contributed by atoms with Gasteiger partial charge in [-0.05, 0) is 37.1 Å². The Labute approximate surface area is 117 Å². The molecule has 0 spiro atoms. The van der Waals surface area contributed by atoms with E-state index in [-0.39, 0.29) is 11.5 Å². The molecule has 20 heavy (non-hydrogen) atoms. The van der Waals surface area contributed by atoms with Gasteiger partial charge in [0.05, 0.1) is 5.56 Å². The van der Waals surface area contributed by atoms with E-state index in [1.54, 1.807) is 4.90 Å². The van der Waals surface area contributed by atoms with Crippen LogP contribution in [-0.4, -0.2) is 35.0 Å². The summed E-state index contributed by atoms with van der Waals surface area (Å²) < 4.78 is 13.9. The molecule has 1 aromatic carbocycles. The van der Waals surface area contributed by atoms with Crippen LogP contribution in [0.5, 0.6) is 0 Å². The zero-order chi connectivity index (χ0) is 15.1. The molecule has 0 radical (unpaired) electrons. The zero-order valence-electron chi connectivity index (χ0n) is 11.6. The number of nitrogens with zero attached hydrogens (tertiary/aromatic N) is 1. The standard InChI is InChI=1S/C15H18FNO3/c1-3-9-17(4-2)15(20)12-7-5-11(10-13(12)16)6-8-14(18)19/h5-8,10H,3-4,9H2,1-2H3,(H,18,19). The van der Waals surface area contributed by atoms with Crippen LogP contribution in [0.2, 0.25) is 0 Å². The number of amides is 1. The average molecular weight is 279 g/mol. The fourth-order valence-corrected chi connectivity index (χ4v) is 1.82. The number of carbonyl (C=O) groups is 2. The molecule has 0 bridgehead atoms. The summed E-state index contributed by atoms with van der Waals surface area (Å²) in [5.74, 6) is -2.09. The van der Waals surface area contributed by atoms with E-state index in [9.17, 15) is 14.0 Å². The molecule has 5 heteroatoms. The third-order valence-electron chi connectivity index (χ3n) is 2.80. The molecule has 0 heterocycles. The van der Waals surface area contributed by atoms with Gasteiger partial charge in [0.15, 0.2) is 0 Å². The molecule has 0 saturated carbocycles. The van der Waals surface area contributed by atoms with E-state index in [2.05, 4.69) is 0 Å². The summed E-state index contributed by atoms with van der Waals surface area (Å²) in [6, 6.07) is 4.07. The number of hydrogen-bond donors (Lipinski definition) is 1. The predicted octanol–water partition coefficient (Wildman–Crippen LogP) is 2.80. The summed E-state index contributed by atoms with van der Waals surface area (Å²) in [6.45, 7) is 4.89. The molecule has 0 unspecified atom stereocenters. The molecule has 0 saturated heterocycles. The number of hydrogen-bond acceptors (Lipinski definition) is 2. The Morgan fingerprint density at radius 2 is 2.05 bits per heavy atom. The third-order valence-corrected chi connectivity index (χ3v) is 2.80. The van der Waals surface area contributed by atoms with Gasteiger partial charge >= 0.3 is 5.97 Å². The van der Waals surface area contributed by atoms with Gasteiger partial charge in [-0.2, -0.15) is 0 Å². The molecule has 1 amide bonds. The molecule has 1 aromatic rings. The van der Waals surface area contributed by atoms with E-state index in [0.29, 0.717) is 18.7 Å². The van der Waals surface area contributed by atoms with Gasteiger partial charge < -0.3 is 10.0 Å². The highest BCUT2D eigenvalue weighted by molar-refractivity contribution is 5.95. The van der Waals surface area contributed by atoms with Crippen molar-refractivity contribution in [3.8, 4) is 0 Å². The van der Waals surface area contributed by atoms with Gasteiger partial charge in [-0.1, -0.05) is 13.0 Å². The first kappa shape index (κ1) is 15.9. The van der Waals surface area contributed by atoms with Crippen molar-refractivity contribution in [2.24, 2.45) is 0 Å². The van der Waals surface area contributed by atoms with Crippen molar-refractivity contribution >= 4 is 18.0 Å². The molecule has 1 rings (SSSR count). The number of benzene rings is 1. The zero-order valence-corrected chi connectivity index (χ0v) is 11.6. The van der Waals surface area contributed by atoms with E-state index in [0.717, 1.165) is 18.6 Å². The van der Waals surface area contributed by atoms with E-state index < -0.39 is 11.8 Å². The molecule has 0 aliphatic rings. The minimum atomic E-state index is -1.11. The number of carboxylic acids is 1. The second kappa shape index (κ2) is 7.43. The van der Waals surface area contributed by atoms with E-state index in [1.807, 2.05) is 13.8 Å². The topological polar surface area (TPSA) is 57.6 Å². The predicted molar refractivity (Wildman–Crippen MR) is 74.9 cm³/mol. The van der Waals surface area contributed by atoms with Crippen LogP contribution in [-0.2, 0) is 4.79 Å². The normalized spacial score (nSPS) is 10.8. The quantitative estimate of drug-likeness (QED) is 0.815. The monoisotopic (exact) mass is 279 g/mol. The molecule has 0 aliphatic carbocycles. The highest BCUT2D eigenvalue weighted by Gasteiger charge is 2.17. The Morgan fingerprint density at radius 3 is 2.55 bits per heavy atom. The summed E-state index contributed by atoms with van der Waals surface area (Å²) >= 11 is 0. The smallest absolute Gasteiger partial charge is 0.328 e. The second-order valence-electron chi connectivity index (χ2n) is 4.30. The third kappa shape index (κ3) is 4.19. The number of aliphatic carboxylic acids is 1. The Bertz CT molecular complexity index is 526. The van der Waals surface area contributed by atoms with Gasteiger partial charge in [-0.15, -0.1) is 0 Å². The lowest BCUT2D eigenvalue weighted by molar-refractivity contribution is -0.131. The maximum Gasteiger partial charge on any atom is 0.328 e. The van der Waals surface area contributed by atoms with E-state index in [4.69, 9.17) is 5.11 Å². The van der Waals surface area contributed by atoms with Crippen molar-refractivity contribution in [3.63, 3.8) is 0 Å². The van der Waals surface area contributed by atoms with Crippen LogP contribution in [0.3, 0.4) is 0 Å². The van der Waals surface area contributed by atoms with Gasteiger partial charge in [0.1, 0.15) is 5.82 Å². The average Bonchev–Trinajstić information content (AvgIpc) is 2.42. The molecule has 108 valence electrons. The molecule has 0 aliphatic heterocycles. The van der Waals surface area contributed by atoms with Crippen LogP contribution < -0.4 is 0 Å². The van der Waals surface area contributed by atoms with Crippen LogP contribution >= 0.6 is 0 Å². The molecule has 0 fully saturated rings. The summed E-state index contributed by atoms with van der Waals surface area (Å²) in [7, 11) is 0. The molecule has 0 atom stereocenters. The number of carboxylic acid groups (broad SMARTS) is 1. The van der Waals surface area contributed by atoms with Crippen LogP contribution in [0.25, 0.3) is 6.08 Å². The highest BCUT2D eigenvalue weighted by Crippen LogP contribution is 2.14. The minimum absolute atomic E-state index is 0.00720. The Hall–Kier alpha value is -2.17. The van der Waals surface area contributed by atoms with E-state index in [1.165, 1.54) is 18.2 Å². The molecule has 1 N–H and O–H groups in total. The van der Waals surface area contributed by atoms with Crippen molar-refractivity contribution in [1.29, 1.82) is 0 Å². The Morgan fingerprint density at radius 1 is 1.35 bits per heavy atom. The van der Waals surface area contributed by atoms with Gasteiger partial charge in [0, 0.05) is 19.2 Å². The number of carbonyl (C=O) groups excluding carboxylic acids is 1. The van der Waals surface area contributed by atoms with Crippen LogP contribution in [0.1, 0.15) is 36.2 Å². The first-order valence-corrected chi connectivity index (χ1v) is 6.49. The fourth-order valence-electron chi connectivity index (χ4n) is 1.82. The fraction of sp³-hybridized carbons (Fsp3) is 0.333. The van der Waals surface area contributed by atoms with Crippen molar-refractivity contribution < 1.29 is 19.1 Å². The lowest BCUT2D eigenvalue weighted by Gasteiger charge is -2.20. The maximum atomic E-state index is 13.9. The van der Waals surface area contributed by atoms with Crippen LogP contribution in [0.15, 0.2) is 24.3 Å².